The highest BCUT2D eigenvalue weighted by Gasteiger charge is 2.81. The molecule has 1 spiro atoms. The van der Waals surface area contributed by atoms with E-state index in [1.807, 2.05) is 24.3 Å². The Balaban J connectivity index is 1.02. The second-order valence-electron chi connectivity index (χ2n) is 10.1. The van der Waals surface area contributed by atoms with E-state index in [2.05, 4.69) is 10.3 Å². The molecular formula is C29H24ClF3N2O2S. The maximum Gasteiger partial charge on any atom is 0.255 e. The number of hydrogen-bond donors (Lipinski definition) is 1. The average Bonchev–Trinajstić information content (AvgIpc) is 3.64. The van der Waals surface area contributed by atoms with Crippen LogP contribution in [0.3, 0.4) is 0 Å². The topological polar surface area (TPSA) is 51.2 Å². The smallest absolute Gasteiger partial charge is 0.255 e. The minimum Gasteiger partial charge on any atom is -0.377 e. The minimum atomic E-state index is -1.58. The summed E-state index contributed by atoms with van der Waals surface area (Å²) < 4.78 is 46.2. The Hall–Kier alpha value is -2.81. The minimum absolute atomic E-state index is 0.159. The first-order valence-corrected chi connectivity index (χ1v) is 13.7. The number of rotatable bonds is 9. The van der Waals surface area contributed by atoms with Crippen LogP contribution in [0.4, 0.5) is 18.9 Å². The van der Waals surface area contributed by atoms with Crippen molar-refractivity contribution in [2.24, 2.45) is 23.2 Å². The van der Waals surface area contributed by atoms with Gasteiger partial charge in [-0.15, -0.1) is 11.8 Å². The first kappa shape index (κ1) is 25.5. The predicted octanol–water partition coefficient (Wildman–Crippen LogP) is 7.25. The Morgan fingerprint density at radius 1 is 1.13 bits per heavy atom. The Morgan fingerprint density at radius 3 is 2.63 bits per heavy atom. The first-order valence-electron chi connectivity index (χ1n) is 12.4. The number of nitrogens with one attached hydrogen (secondary N) is 1. The summed E-state index contributed by atoms with van der Waals surface area (Å²) in [6.07, 6.45) is 9.93. The number of aromatic nitrogens is 1. The molecule has 2 aromatic carbocycles. The van der Waals surface area contributed by atoms with Gasteiger partial charge in [0.15, 0.2) is 17.5 Å². The molecule has 1 heterocycles. The largest absolute Gasteiger partial charge is 0.377 e. The molecule has 3 saturated carbocycles. The molecule has 3 aromatic rings. The molecule has 3 fully saturated rings. The van der Waals surface area contributed by atoms with Crippen molar-refractivity contribution in [3.05, 3.63) is 94.5 Å². The molecule has 5 atom stereocenters. The average molecular weight is 557 g/mol. The molecule has 3 aliphatic rings. The highest BCUT2D eigenvalue weighted by Crippen LogP contribution is 2.85. The van der Waals surface area contributed by atoms with Crippen LogP contribution in [0.1, 0.15) is 28.8 Å². The van der Waals surface area contributed by atoms with Crippen LogP contribution >= 0.6 is 23.4 Å². The fraction of sp³-hybridized carbons (Fsp3) is 0.310. The summed E-state index contributed by atoms with van der Waals surface area (Å²) in [5.41, 5.74) is 1.66. The second-order valence-corrected chi connectivity index (χ2v) is 11.7. The molecule has 1 N–H and O–H groups in total. The number of anilines is 1. The lowest BCUT2D eigenvalue weighted by Crippen LogP contribution is -2.56. The fourth-order valence-corrected chi connectivity index (χ4v) is 8.13. The fourth-order valence-electron chi connectivity index (χ4n) is 6.17. The van der Waals surface area contributed by atoms with Gasteiger partial charge < -0.3 is 10.1 Å². The monoisotopic (exact) mass is 556 g/mol. The van der Waals surface area contributed by atoms with Gasteiger partial charge in [0.25, 0.3) is 5.91 Å². The molecule has 38 heavy (non-hydrogen) atoms. The van der Waals surface area contributed by atoms with Crippen molar-refractivity contribution in [1.29, 1.82) is 0 Å². The first-order chi connectivity index (χ1) is 18.4. The van der Waals surface area contributed by atoms with E-state index in [0.29, 0.717) is 45.6 Å². The number of nitrogens with zero attached hydrogens (tertiary/aromatic N) is 1. The molecule has 0 bridgehead atoms. The van der Waals surface area contributed by atoms with Crippen LogP contribution in [0.5, 0.6) is 0 Å². The summed E-state index contributed by atoms with van der Waals surface area (Å²) >= 11 is 8.16. The molecule has 196 valence electrons. The number of halogens is 4. The number of ether oxygens (including phenoxy) is 1. The molecule has 0 saturated heterocycles. The van der Waals surface area contributed by atoms with E-state index < -0.39 is 23.4 Å². The van der Waals surface area contributed by atoms with Crippen molar-refractivity contribution in [3.63, 3.8) is 0 Å². The molecule has 0 radical (unpaired) electrons. The van der Waals surface area contributed by atoms with E-state index in [1.54, 1.807) is 42.4 Å². The van der Waals surface area contributed by atoms with Gasteiger partial charge in [0.1, 0.15) is 0 Å². The van der Waals surface area contributed by atoms with Crippen molar-refractivity contribution < 1.29 is 22.7 Å². The zero-order valence-corrected chi connectivity index (χ0v) is 21.7. The number of thioether (sulfide) groups is 1. The van der Waals surface area contributed by atoms with Crippen molar-refractivity contribution in [3.8, 4) is 0 Å². The summed E-state index contributed by atoms with van der Waals surface area (Å²) in [4.78, 5) is 17.5. The van der Waals surface area contributed by atoms with Crippen molar-refractivity contribution in [1.82, 2.24) is 4.98 Å². The van der Waals surface area contributed by atoms with Crippen LogP contribution in [-0.4, -0.2) is 29.4 Å². The molecular weight excluding hydrogens is 533 g/mol. The summed E-state index contributed by atoms with van der Waals surface area (Å²) in [7, 11) is 0. The quantitative estimate of drug-likeness (QED) is 0.223. The number of pyridine rings is 1. The SMILES string of the molecule is O=C(Nc1cc(F)c(F)c(F)c1)c1ccc(Cl)c(SC2C3CC(COC/C=C/c4ccncc4)C34CC24)c1. The van der Waals surface area contributed by atoms with E-state index >= 15 is 0 Å². The third-order valence-electron chi connectivity index (χ3n) is 8.13. The third-order valence-corrected chi connectivity index (χ3v) is 10.1. The lowest BCUT2D eigenvalue weighted by atomic mass is 9.52. The highest BCUT2D eigenvalue weighted by molar-refractivity contribution is 8.00. The van der Waals surface area contributed by atoms with Gasteiger partial charge in [-0.25, -0.2) is 13.2 Å². The Kier molecular flexibility index (Phi) is 6.74. The molecule has 4 nitrogen and oxygen atoms in total. The van der Waals surface area contributed by atoms with Crippen LogP contribution in [0.15, 0.2) is 65.8 Å². The summed E-state index contributed by atoms with van der Waals surface area (Å²) in [6, 6.07) is 10.3. The molecule has 0 aliphatic heterocycles. The lowest BCUT2D eigenvalue weighted by molar-refractivity contribution is -0.0791. The Morgan fingerprint density at radius 2 is 1.89 bits per heavy atom. The van der Waals surface area contributed by atoms with E-state index in [1.165, 1.54) is 6.42 Å². The van der Waals surface area contributed by atoms with E-state index in [9.17, 15) is 18.0 Å². The van der Waals surface area contributed by atoms with Crippen molar-refractivity contribution in [2.45, 2.75) is 23.0 Å². The molecule has 9 heteroatoms. The van der Waals surface area contributed by atoms with Crippen LogP contribution in [0.25, 0.3) is 6.08 Å². The number of hydrogen-bond acceptors (Lipinski definition) is 4. The van der Waals surface area contributed by atoms with E-state index in [-0.39, 0.29) is 5.69 Å². The lowest BCUT2D eigenvalue weighted by Gasteiger charge is -2.58. The van der Waals surface area contributed by atoms with Crippen LogP contribution in [0.2, 0.25) is 5.02 Å². The Bertz CT molecular complexity index is 1400. The van der Waals surface area contributed by atoms with Gasteiger partial charge in [0.05, 0.1) is 18.2 Å². The summed E-state index contributed by atoms with van der Waals surface area (Å²) in [6.45, 7) is 1.36. The summed E-state index contributed by atoms with van der Waals surface area (Å²) in [5.74, 6) is -3.02. The maximum absolute atomic E-state index is 13.5. The molecule has 1 amide bonds. The molecule has 6 rings (SSSR count). The van der Waals surface area contributed by atoms with E-state index in [4.69, 9.17) is 16.3 Å². The number of amides is 1. The van der Waals surface area contributed by atoms with Gasteiger partial charge in [-0.3, -0.25) is 9.78 Å². The van der Waals surface area contributed by atoms with Crippen LogP contribution in [-0.2, 0) is 4.74 Å². The Labute approximate surface area is 227 Å². The van der Waals surface area contributed by atoms with Gasteiger partial charge in [-0.1, -0.05) is 23.8 Å². The van der Waals surface area contributed by atoms with Crippen molar-refractivity contribution in [2.75, 3.05) is 18.5 Å². The van der Waals surface area contributed by atoms with Crippen LogP contribution in [0, 0.1) is 40.6 Å². The standard InChI is InChI=1S/C29H24ClF3N2O2S/c30-22-4-3-17(28(36)35-19-12-23(31)26(33)24(32)13-19)10-25(22)38-27-20-11-18(29(20)14-21(27)29)15-37-9-1-2-16-5-7-34-8-6-16/h1-8,10,12-13,18,20-21,27H,9,11,14-15H2,(H,35,36)/b2-1+. The predicted molar refractivity (Wildman–Crippen MR) is 142 cm³/mol. The normalized spacial score (nSPS) is 26.7. The number of carbonyl (C=O) groups is 1. The van der Waals surface area contributed by atoms with Gasteiger partial charge in [-0.05, 0) is 71.9 Å². The number of benzene rings is 2. The zero-order valence-electron chi connectivity index (χ0n) is 20.2. The van der Waals surface area contributed by atoms with Gasteiger partial charge >= 0.3 is 0 Å². The maximum atomic E-state index is 13.5. The van der Waals surface area contributed by atoms with Gasteiger partial charge in [0, 0.05) is 45.9 Å². The second kappa shape index (κ2) is 10.1. The molecule has 5 unspecified atom stereocenters. The van der Waals surface area contributed by atoms with Crippen LogP contribution < -0.4 is 5.32 Å². The summed E-state index contributed by atoms with van der Waals surface area (Å²) in [5, 5.41) is 3.43. The number of carbonyl (C=O) groups excluding carboxylic acids is 1. The highest BCUT2D eigenvalue weighted by atomic mass is 35.5. The van der Waals surface area contributed by atoms with E-state index in [0.717, 1.165) is 35.6 Å². The zero-order chi connectivity index (χ0) is 26.4. The molecule has 3 aliphatic carbocycles. The van der Waals surface area contributed by atoms with Gasteiger partial charge in [0.2, 0.25) is 0 Å². The third kappa shape index (κ3) is 4.52. The van der Waals surface area contributed by atoms with Gasteiger partial charge in [-0.2, -0.15) is 0 Å². The van der Waals surface area contributed by atoms with Crippen molar-refractivity contribution >= 4 is 41.0 Å². The molecule has 1 aromatic heterocycles.